The zero-order chi connectivity index (χ0) is 21.2. The van der Waals surface area contributed by atoms with Crippen LogP contribution in [0, 0.1) is 0 Å². The molecule has 8 nitrogen and oxygen atoms in total. The Morgan fingerprint density at radius 2 is 1.89 bits per heavy atom. The van der Waals surface area contributed by atoms with E-state index < -0.39 is 5.60 Å². The van der Waals surface area contributed by atoms with Crippen LogP contribution in [0.5, 0.6) is 0 Å². The number of ether oxygens (including phenoxy) is 2. The third kappa shape index (κ3) is 7.96. The van der Waals surface area contributed by atoms with Gasteiger partial charge in [0.25, 0.3) is 0 Å². The van der Waals surface area contributed by atoms with E-state index in [2.05, 4.69) is 15.4 Å². The minimum atomic E-state index is -0.493. The molecule has 1 aromatic carbocycles. The SMILES string of the molecule is CC(C)(C)OC(=O)N1CCC[C@H]1C=O.COC.O=C1NCc2ccccc2N1. The first kappa shape index (κ1) is 23.4. The number of hydrogen-bond donors (Lipinski definition) is 2. The maximum atomic E-state index is 11.6. The zero-order valence-corrected chi connectivity index (χ0v) is 17.3. The predicted octanol–water partition coefficient (Wildman–Crippen LogP) is 3.17. The molecule has 3 amide bonds. The Bertz CT molecular complexity index is 657. The normalized spacial score (nSPS) is 17.5. The Balaban J connectivity index is 0.000000250. The molecule has 1 saturated heterocycles. The van der Waals surface area contributed by atoms with Crippen LogP contribution in [-0.2, 0) is 20.8 Å². The molecule has 3 rings (SSSR count). The smallest absolute Gasteiger partial charge is 0.410 e. The van der Waals surface area contributed by atoms with Crippen molar-refractivity contribution in [2.45, 2.75) is 51.8 Å². The summed E-state index contributed by atoms with van der Waals surface area (Å²) in [6.07, 6.45) is 2.06. The third-order valence-electron chi connectivity index (χ3n) is 3.79. The van der Waals surface area contributed by atoms with Gasteiger partial charge in [0.15, 0.2) is 0 Å². The van der Waals surface area contributed by atoms with Gasteiger partial charge in [0.05, 0.1) is 6.04 Å². The second-order valence-corrected chi connectivity index (χ2v) is 7.39. The van der Waals surface area contributed by atoms with Gasteiger partial charge in [-0.1, -0.05) is 18.2 Å². The van der Waals surface area contributed by atoms with Gasteiger partial charge in [-0.2, -0.15) is 0 Å². The quantitative estimate of drug-likeness (QED) is 0.715. The molecule has 156 valence electrons. The van der Waals surface area contributed by atoms with Crippen LogP contribution in [0.15, 0.2) is 24.3 Å². The molecule has 28 heavy (non-hydrogen) atoms. The molecule has 1 atom stereocenters. The summed E-state index contributed by atoms with van der Waals surface area (Å²) in [5, 5.41) is 5.40. The summed E-state index contributed by atoms with van der Waals surface area (Å²) in [6, 6.07) is 7.34. The number of likely N-dealkylation sites (tertiary alicyclic amines) is 1. The fourth-order valence-electron chi connectivity index (χ4n) is 2.62. The summed E-state index contributed by atoms with van der Waals surface area (Å²) in [6.45, 7) is 6.70. The van der Waals surface area contributed by atoms with Gasteiger partial charge in [0, 0.05) is 33.0 Å². The van der Waals surface area contributed by atoms with E-state index in [1.54, 1.807) is 14.2 Å². The Morgan fingerprint density at radius 1 is 1.25 bits per heavy atom. The van der Waals surface area contributed by atoms with Gasteiger partial charge in [-0.15, -0.1) is 0 Å². The Labute approximate surface area is 166 Å². The molecule has 1 aromatic rings. The van der Waals surface area contributed by atoms with Crippen LogP contribution in [0.1, 0.15) is 39.2 Å². The number of urea groups is 1. The fraction of sp³-hybridized carbons (Fsp3) is 0.550. The van der Waals surface area contributed by atoms with Crippen LogP contribution in [0.25, 0.3) is 0 Å². The monoisotopic (exact) mass is 393 g/mol. The molecule has 0 bridgehead atoms. The van der Waals surface area contributed by atoms with Crippen molar-refractivity contribution in [1.82, 2.24) is 10.2 Å². The summed E-state index contributed by atoms with van der Waals surface area (Å²) in [4.78, 5) is 34.5. The molecule has 2 N–H and O–H groups in total. The van der Waals surface area contributed by atoms with Crippen LogP contribution in [0.4, 0.5) is 15.3 Å². The van der Waals surface area contributed by atoms with Gasteiger partial charge in [-0.05, 0) is 45.2 Å². The molecule has 0 saturated carbocycles. The molecule has 0 radical (unpaired) electrons. The van der Waals surface area contributed by atoms with Crippen molar-refractivity contribution in [2.75, 3.05) is 26.1 Å². The number of aldehydes is 1. The fourth-order valence-corrected chi connectivity index (χ4v) is 2.62. The number of fused-ring (bicyclic) bond motifs is 1. The number of anilines is 1. The number of carbonyl (C=O) groups excluding carboxylic acids is 3. The standard InChI is InChI=1S/C10H17NO3.C8H8N2O.C2H6O/c1-10(2,3)14-9(13)11-6-4-5-8(11)7-12;11-8-9-5-6-3-1-2-4-7(6)10-8;1-3-2/h7-8H,4-6H2,1-3H3;1-4H,5H2,(H2,9,10,11);1-2H3/t8-;;/m0../s1. The van der Waals surface area contributed by atoms with Crippen molar-refractivity contribution in [3.63, 3.8) is 0 Å². The van der Waals surface area contributed by atoms with Crippen LogP contribution >= 0.6 is 0 Å². The Hall–Kier alpha value is -2.61. The molecule has 2 aliphatic heterocycles. The number of nitrogens with one attached hydrogen (secondary N) is 2. The molecule has 0 aliphatic carbocycles. The van der Waals surface area contributed by atoms with E-state index in [4.69, 9.17) is 4.74 Å². The highest BCUT2D eigenvalue weighted by Gasteiger charge is 2.31. The third-order valence-corrected chi connectivity index (χ3v) is 3.79. The summed E-state index contributed by atoms with van der Waals surface area (Å²) < 4.78 is 9.43. The van der Waals surface area contributed by atoms with Gasteiger partial charge in [0.1, 0.15) is 11.9 Å². The van der Waals surface area contributed by atoms with Crippen molar-refractivity contribution >= 4 is 24.1 Å². The van der Waals surface area contributed by atoms with Gasteiger partial charge in [-0.3, -0.25) is 4.90 Å². The summed E-state index contributed by atoms with van der Waals surface area (Å²) in [5.41, 5.74) is 1.55. The number of benzene rings is 1. The molecule has 2 heterocycles. The van der Waals surface area contributed by atoms with Gasteiger partial charge >= 0.3 is 12.1 Å². The Kier molecular flexibility index (Phi) is 9.44. The van der Waals surface area contributed by atoms with E-state index in [9.17, 15) is 14.4 Å². The van der Waals surface area contributed by atoms with Crippen molar-refractivity contribution in [2.24, 2.45) is 0 Å². The van der Waals surface area contributed by atoms with E-state index in [-0.39, 0.29) is 18.2 Å². The van der Waals surface area contributed by atoms with E-state index in [1.165, 1.54) is 4.90 Å². The van der Waals surface area contributed by atoms with Crippen molar-refractivity contribution in [3.8, 4) is 0 Å². The number of nitrogens with zero attached hydrogens (tertiary/aromatic N) is 1. The van der Waals surface area contributed by atoms with Gasteiger partial charge in [-0.25, -0.2) is 9.59 Å². The lowest BCUT2D eigenvalue weighted by molar-refractivity contribution is -0.111. The van der Waals surface area contributed by atoms with Crippen LogP contribution in [0.3, 0.4) is 0 Å². The van der Waals surface area contributed by atoms with Crippen molar-refractivity contribution in [1.29, 1.82) is 0 Å². The minimum Gasteiger partial charge on any atom is -0.444 e. The first-order valence-corrected chi connectivity index (χ1v) is 9.19. The van der Waals surface area contributed by atoms with E-state index in [0.29, 0.717) is 13.1 Å². The second-order valence-electron chi connectivity index (χ2n) is 7.39. The number of carbonyl (C=O) groups is 3. The topological polar surface area (TPSA) is 97.0 Å². The van der Waals surface area contributed by atoms with E-state index in [1.807, 2.05) is 45.0 Å². The molecule has 2 aliphatic rings. The number of methoxy groups -OCH3 is 1. The lowest BCUT2D eigenvalue weighted by atomic mass is 10.1. The molecule has 0 unspecified atom stereocenters. The number of para-hydroxylation sites is 1. The van der Waals surface area contributed by atoms with E-state index in [0.717, 1.165) is 30.4 Å². The molecular weight excluding hydrogens is 362 g/mol. The highest BCUT2D eigenvalue weighted by atomic mass is 16.6. The van der Waals surface area contributed by atoms with Crippen molar-refractivity contribution in [3.05, 3.63) is 29.8 Å². The first-order valence-electron chi connectivity index (χ1n) is 9.19. The second kappa shape index (κ2) is 11.3. The number of hydrogen-bond acceptors (Lipinski definition) is 5. The summed E-state index contributed by atoms with van der Waals surface area (Å²) in [7, 11) is 3.25. The lowest BCUT2D eigenvalue weighted by Gasteiger charge is -2.26. The largest absolute Gasteiger partial charge is 0.444 e. The molecule has 0 aromatic heterocycles. The molecule has 0 spiro atoms. The highest BCUT2D eigenvalue weighted by molar-refractivity contribution is 5.92. The number of amides is 3. The predicted molar refractivity (Wildman–Crippen MR) is 107 cm³/mol. The minimum absolute atomic E-state index is 0.122. The average molecular weight is 393 g/mol. The average Bonchev–Trinajstić information content (AvgIpc) is 3.10. The van der Waals surface area contributed by atoms with Crippen LogP contribution in [0.2, 0.25) is 0 Å². The van der Waals surface area contributed by atoms with Crippen molar-refractivity contribution < 1.29 is 23.9 Å². The van der Waals surface area contributed by atoms with Gasteiger partial charge in [0.2, 0.25) is 0 Å². The summed E-state index contributed by atoms with van der Waals surface area (Å²) in [5.74, 6) is 0. The lowest BCUT2D eigenvalue weighted by Crippen LogP contribution is -2.40. The van der Waals surface area contributed by atoms with Crippen LogP contribution in [-0.4, -0.2) is 55.7 Å². The number of rotatable bonds is 1. The molecule has 8 heteroatoms. The maximum absolute atomic E-state index is 11.6. The maximum Gasteiger partial charge on any atom is 0.410 e. The highest BCUT2D eigenvalue weighted by Crippen LogP contribution is 2.19. The first-order chi connectivity index (χ1) is 13.2. The summed E-state index contributed by atoms with van der Waals surface area (Å²) >= 11 is 0. The molecular formula is C20H31N3O5. The Morgan fingerprint density at radius 3 is 2.50 bits per heavy atom. The zero-order valence-electron chi connectivity index (χ0n) is 17.3. The van der Waals surface area contributed by atoms with Crippen LogP contribution < -0.4 is 10.6 Å². The van der Waals surface area contributed by atoms with E-state index >= 15 is 0 Å². The molecule has 1 fully saturated rings. The van der Waals surface area contributed by atoms with Gasteiger partial charge < -0.3 is 24.9 Å².